The Kier molecular flexibility index (Phi) is 3.36. The summed E-state index contributed by atoms with van der Waals surface area (Å²) in [5.41, 5.74) is 0.732. The van der Waals surface area contributed by atoms with E-state index in [0.29, 0.717) is 5.82 Å². The summed E-state index contributed by atoms with van der Waals surface area (Å²) in [4.78, 5) is 8.19. The number of aryl methyl sites for hydroxylation is 1. The lowest BCUT2D eigenvalue weighted by Gasteiger charge is -2.12. The van der Waals surface area contributed by atoms with Crippen LogP contribution in [-0.2, 0) is 6.54 Å². The fourth-order valence-corrected chi connectivity index (χ4v) is 1.95. The Hall–Kier alpha value is -1.20. The highest BCUT2D eigenvalue weighted by atomic mass is 79.9. The van der Waals surface area contributed by atoms with Crippen molar-refractivity contribution in [3.8, 4) is 0 Å². The van der Waals surface area contributed by atoms with Crippen LogP contribution >= 0.6 is 15.9 Å². The van der Waals surface area contributed by atoms with Gasteiger partial charge in [0.05, 0.1) is 0 Å². The van der Waals surface area contributed by atoms with Gasteiger partial charge in [0.15, 0.2) is 0 Å². The summed E-state index contributed by atoms with van der Waals surface area (Å²) < 4.78 is 2.75. The molecular formula is C11H12BrN3O. The van der Waals surface area contributed by atoms with Gasteiger partial charge >= 0.3 is 0 Å². The van der Waals surface area contributed by atoms with Crippen LogP contribution in [0.2, 0.25) is 0 Å². The molecule has 4 nitrogen and oxygen atoms in total. The number of hydrogen-bond donors (Lipinski definition) is 1. The number of rotatable bonds is 3. The number of pyridine rings is 1. The van der Waals surface area contributed by atoms with Crippen molar-refractivity contribution in [2.75, 3.05) is 0 Å². The van der Waals surface area contributed by atoms with E-state index in [4.69, 9.17) is 0 Å². The number of imidazole rings is 1. The summed E-state index contributed by atoms with van der Waals surface area (Å²) in [5.74, 6) is 0.641. The SMILES string of the molecule is CCn1ccnc1C(O)c1cncc(Br)c1. The molecule has 16 heavy (non-hydrogen) atoms. The van der Waals surface area contributed by atoms with Crippen LogP contribution in [0.25, 0.3) is 0 Å². The van der Waals surface area contributed by atoms with E-state index in [0.717, 1.165) is 16.6 Å². The second kappa shape index (κ2) is 4.76. The number of nitrogens with zero attached hydrogens (tertiary/aromatic N) is 3. The van der Waals surface area contributed by atoms with Crippen molar-refractivity contribution < 1.29 is 5.11 Å². The van der Waals surface area contributed by atoms with E-state index in [2.05, 4.69) is 25.9 Å². The second-order valence-electron chi connectivity index (χ2n) is 3.41. The van der Waals surface area contributed by atoms with Gasteiger partial charge in [-0.2, -0.15) is 0 Å². The van der Waals surface area contributed by atoms with Crippen molar-refractivity contribution in [1.82, 2.24) is 14.5 Å². The molecule has 0 amide bonds. The highest BCUT2D eigenvalue weighted by molar-refractivity contribution is 9.10. The molecule has 84 valence electrons. The average molecular weight is 282 g/mol. The van der Waals surface area contributed by atoms with Gasteiger partial charge in [-0.15, -0.1) is 0 Å². The lowest BCUT2D eigenvalue weighted by molar-refractivity contribution is 0.204. The van der Waals surface area contributed by atoms with E-state index in [1.165, 1.54) is 0 Å². The normalized spacial score (nSPS) is 12.7. The van der Waals surface area contributed by atoms with Crippen LogP contribution in [0.5, 0.6) is 0 Å². The first-order valence-corrected chi connectivity index (χ1v) is 5.81. The van der Waals surface area contributed by atoms with Gasteiger partial charge in [-0.3, -0.25) is 4.98 Å². The maximum Gasteiger partial charge on any atom is 0.142 e. The summed E-state index contributed by atoms with van der Waals surface area (Å²) in [7, 11) is 0. The van der Waals surface area contributed by atoms with Crippen molar-refractivity contribution in [2.24, 2.45) is 0 Å². The zero-order valence-corrected chi connectivity index (χ0v) is 10.4. The number of aromatic nitrogens is 3. The van der Waals surface area contributed by atoms with Gasteiger partial charge in [0.25, 0.3) is 0 Å². The number of aliphatic hydroxyl groups excluding tert-OH is 1. The highest BCUT2D eigenvalue weighted by Gasteiger charge is 2.15. The molecule has 0 spiro atoms. The molecule has 0 saturated heterocycles. The Labute approximate surface area is 102 Å². The summed E-state index contributed by atoms with van der Waals surface area (Å²) >= 11 is 3.33. The molecule has 1 N–H and O–H groups in total. The largest absolute Gasteiger partial charge is 0.380 e. The molecule has 2 aromatic heterocycles. The molecule has 2 aromatic rings. The molecule has 0 aliphatic rings. The topological polar surface area (TPSA) is 50.9 Å². The first kappa shape index (κ1) is 11.3. The fourth-order valence-electron chi connectivity index (χ4n) is 1.56. The van der Waals surface area contributed by atoms with E-state index < -0.39 is 6.10 Å². The molecule has 1 unspecified atom stereocenters. The molecule has 0 aliphatic carbocycles. The maximum absolute atomic E-state index is 10.2. The smallest absolute Gasteiger partial charge is 0.142 e. The molecule has 2 heterocycles. The number of aliphatic hydroxyl groups is 1. The quantitative estimate of drug-likeness (QED) is 0.938. The van der Waals surface area contributed by atoms with Gasteiger partial charge in [0, 0.05) is 41.4 Å². The molecule has 0 fully saturated rings. The lowest BCUT2D eigenvalue weighted by atomic mass is 10.1. The van der Waals surface area contributed by atoms with Crippen molar-refractivity contribution in [1.29, 1.82) is 0 Å². The van der Waals surface area contributed by atoms with Crippen LogP contribution < -0.4 is 0 Å². The maximum atomic E-state index is 10.2. The standard InChI is InChI=1S/C11H12BrN3O/c1-2-15-4-3-14-11(15)10(16)8-5-9(12)7-13-6-8/h3-7,10,16H,2H2,1H3. The average Bonchev–Trinajstić information content (AvgIpc) is 2.76. The Balaban J connectivity index is 2.35. The first-order chi connectivity index (χ1) is 7.72. The van der Waals surface area contributed by atoms with Crippen molar-refractivity contribution in [2.45, 2.75) is 19.6 Å². The van der Waals surface area contributed by atoms with Crippen molar-refractivity contribution >= 4 is 15.9 Å². The Morgan fingerprint density at radius 1 is 1.50 bits per heavy atom. The number of hydrogen-bond acceptors (Lipinski definition) is 3. The predicted octanol–water partition coefficient (Wildman–Crippen LogP) is 2.14. The van der Waals surface area contributed by atoms with Crippen LogP contribution in [0.4, 0.5) is 0 Å². The Morgan fingerprint density at radius 3 is 3.00 bits per heavy atom. The predicted molar refractivity (Wildman–Crippen MR) is 63.9 cm³/mol. The van der Waals surface area contributed by atoms with Crippen LogP contribution in [0.1, 0.15) is 24.4 Å². The minimum absolute atomic E-state index is 0.641. The molecule has 0 radical (unpaired) electrons. The minimum Gasteiger partial charge on any atom is -0.380 e. The van der Waals surface area contributed by atoms with Gasteiger partial charge < -0.3 is 9.67 Å². The molecule has 0 saturated carbocycles. The van der Waals surface area contributed by atoms with Gasteiger partial charge in [0.2, 0.25) is 0 Å². The van der Waals surface area contributed by atoms with Crippen LogP contribution in [0, 0.1) is 0 Å². The van der Waals surface area contributed by atoms with Gasteiger partial charge in [-0.05, 0) is 28.9 Å². The molecular weight excluding hydrogens is 270 g/mol. The van der Waals surface area contributed by atoms with Crippen molar-refractivity contribution in [3.05, 3.63) is 46.7 Å². The summed E-state index contributed by atoms with van der Waals surface area (Å²) in [6, 6.07) is 1.84. The molecule has 5 heteroatoms. The monoisotopic (exact) mass is 281 g/mol. The second-order valence-corrected chi connectivity index (χ2v) is 4.33. The fraction of sp³-hybridized carbons (Fsp3) is 0.273. The third-order valence-corrected chi connectivity index (χ3v) is 2.81. The van der Waals surface area contributed by atoms with E-state index in [9.17, 15) is 5.11 Å². The van der Waals surface area contributed by atoms with Gasteiger partial charge in [-0.1, -0.05) is 0 Å². The summed E-state index contributed by atoms with van der Waals surface area (Å²) in [6.45, 7) is 2.80. The third kappa shape index (κ3) is 2.15. The van der Waals surface area contributed by atoms with Gasteiger partial charge in [-0.25, -0.2) is 4.98 Å². The van der Waals surface area contributed by atoms with Crippen LogP contribution in [0.3, 0.4) is 0 Å². The first-order valence-electron chi connectivity index (χ1n) is 5.02. The molecule has 0 bridgehead atoms. The lowest BCUT2D eigenvalue weighted by Crippen LogP contribution is -2.09. The zero-order valence-electron chi connectivity index (χ0n) is 8.84. The summed E-state index contributed by atoms with van der Waals surface area (Å²) in [5, 5.41) is 10.2. The zero-order chi connectivity index (χ0) is 11.5. The van der Waals surface area contributed by atoms with E-state index in [1.807, 2.05) is 23.8 Å². The Bertz CT molecular complexity index is 484. The molecule has 1 atom stereocenters. The number of halogens is 1. The van der Waals surface area contributed by atoms with Gasteiger partial charge in [0.1, 0.15) is 11.9 Å². The van der Waals surface area contributed by atoms with E-state index >= 15 is 0 Å². The van der Waals surface area contributed by atoms with E-state index in [1.54, 1.807) is 18.6 Å². The third-order valence-electron chi connectivity index (χ3n) is 2.37. The summed E-state index contributed by atoms with van der Waals surface area (Å²) in [6.07, 6.45) is 6.13. The molecule has 0 aliphatic heterocycles. The minimum atomic E-state index is -0.736. The van der Waals surface area contributed by atoms with Crippen LogP contribution in [-0.4, -0.2) is 19.6 Å². The van der Waals surface area contributed by atoms with E-state index in [-0.39, 0.29) is 0 Å². The molecule has 0 aromatic carbocycles. The molecule has 2 rings (SSSR count). The van der Waals surface area contributed by atoms with Crippen LogP contribution in [0.15, 0.2) is 35.3 Å². The van der Waals surface area contributed by atoms with Crippen molar-refractivity contribution in [3.63, 3.8) is 0 Å². The highest BCUT2D eigenvalue weighted by Crippen LogP contribution is 2.22. The Morgan fingerprint density at radius 2 is 2.31 bits per heavy atom.